The number of aromatic nitrogens is 1. The van der Waals surface area contributed by atoms with E-state index >= 15 is 0 Å². The third-order valence-electron chi connectivity index (χ3n) is 2.57. The fraction of sp³-hybridized carbons (Fsp3) is 0.545. The lowest BCUT2D eigenvalue weighted by Crippen LogP contribution is -2.26. The molecule has 0 spiro atoms. The first-order valence-electron chi connectivity index (χ1n) is 5.32. The maximum atomic E-state index is 5.56. The monoisotopic (exact) mass is 223 g/mol. The Balaban J connectivity index is 2.13. The summed E-state index contributed by atoms with van der Waals surface area (Å²) in [6, 6.07) is 4.53. The molecule has 1 atom stereocenters. The second kappa shape index (κ2) is 4.86. The Morgan fingerprint density at radius 2 is 2.47 bits per heavy atom. The molecule has 2 heterocycles. The molecule has 0 saturated heterocycles. The third-order valence-corrected chi connectivity index (χ3v) is 3.54. The molecule has 2 rings (SSSR count). The predicted molar refractivity (Wildman–Crippen MR) is 66.2 cm³/mol. The molecule has 0 fully saturated rings. The van der Waals surface area contributed by atoms with E-state index in [1.165, 1.54) is 17.0 Å². The molecule has 3 nitrogen and oxygen atoms in total. The van der Waals surface area contributed by atoms with Gasteiger partial charge in [0.15, 0.2) is 0 Å². The Kier molecular flexibility index (Phi) is 3.49. The number of nitrogens with zero attached hydrogens (tertiary/aromatic N) is 1. The standard InChI is InChI=1S/C11H17N3S/c1-8(6-12)13-11-3-2-9-4-5-15-7-10(9)14-11/h2-3,8H,4-7,12H2,1H3,(H,13,14). The summed E-state index contributed by atoms with van der Waals surface area (Å²) in [5.74, 6) is 3.22. The summed E-state index contributed by atoms with van der Waals surface area (Å²) in [4.78, 5) is 4.61. The Morgan fingerprint density at radius 1 is 1.60 bits per heavy atom. The molecule has 1 aliphatic rings. The van der Waals surface area contributed by atoms with Crippen LogP contribution in [0.25, 0.3) is 0 Å². The number of hydrogen-bond donors (Lipinski definition) is 2. The minimum atomic E-state index is 0.284. The van der Waals surface area contributed by atoms with Crippen molar-refractivity contribution in [3.8, 4) is 0 Å². The van der Waals surface area contributed by atoms with E-state index < -0.39 is 0 Å². The Bertz CT molecular complexity index is 341. The van der Waals surface area contributed by atoms with Crippen molar-refractivity contribution in [1.82, 2.24) is 4.98 Å². The average Bonchev–Trinajstić information content (AvgIpc) is 2.29. The molecule has 0 bridgehead atoms. The zero-order chi connectivity index (χ0) is 10.7. The lowest BCUT2D eigenvalue weighted by Gasteiger charge is -2.17. The first-order chi connectivity index (χ1) is 7.29. The van der Waals surface area contributed by atoms with Gasteiger partial charge in [0.2, 0.25) is 0 Å². The van der Waals surface area contributed by atoms with Gasteiger partial charge < -0.3 is 11.1 Å². The van der Waals surface area contributed by atoms with Crippen LogP contribution < -0.4 is 11.1 Å². The number of rotatable bonds is 3. The van der Waals surface area contributed by atoms with Crippen LogP contribution in [0.4, 0.5) is 5.82 Å². The summed E-state index contributed by atoms with van der Waals surface area (Å²) >= 11 is 1.96. The third kappa shape index (κ3) is 2.63. The van der Waals surface area contributed by atoms with Crippen molar-refractivity contribution in [2.75, 3.05) is 17.6 Å². The summed E-state index contributed by atoms with van der Waals surface area (Å²) < 4.78 is 0. The molecule has 1 aliphatic heterocycles. The first kappa shape index (κ1) is 10.8. The Hall–Kier alpha value is -0.740. The highest BCUT2D eigenvalue weighted by Gasteiger charge is 2.11. The number of fused-ring (bicyclic) bond motifs is 1. The van der Waals surface area contributed by atoms with Crippen molar-refractivity contribution < 1.29 is 0 Å². The van der Waals surface area contributed by atoms with E-state index in [1.807, 2.05) is 11.8 Å². The zero-order valence-corrected chi connectivity index (χ0v) is 9.81. The lowest BCUT2D eigenvalue weighted by atomic mass is 10.1. The smallest absolute Gasteiger partial charge is 0.126 e. The molecule has 82 valence electrons. The molecule has 1 unspecified atom stereocenters. The second-order valence-corrected chi connectivity index (χ2v) is 4.99. The van der Waals surface area contributed by atoms with Crippen LogP contribution in [0, 0.1) is 0 Å². The van der Waals surface area contributed by atoms with Crippen molar-refractivity contribution in [2.45, 2.75) is 25.1 Å². The topological polar surface area (TPSA) is 50.9 Å². The van der Waals surface area contributed by atoms with Gasteiger partial charge in [0.05, 0.1) is 5.69 Å². The fourth-order valence-electron chi connectivity index (χ4n) is 1.63. The highest BCUT2D eigenvalue weighted by molar-refractivity contribution is 7.98. The first-order valence-corrected chi connectivity index (χ1v) is 6.48. The van der Waals surface area contributed by atoms with Crippen molar-refractivity contribution in [3.63, 3.8) is 0 Å². The highest BCUT2D eigenvalue weighted by Crippen LogP contribution is 2.24. The fourth-order valence-corrected chi connectivity index (χ4v) is 2.58. The SMILES string of the molecule is CC(CN)Nc1ccc2c(n1)CSCC2. The molecule has 15 heavy (non-hydrogen) atoms. The maximum absolute atomic E-state index is 5.56. The van der Waals surface area contributed by atoms with E-state index in [1.54, 1.807) is 0 Å². The summed E-state index contributed by atoms with van der Waals surface area (Å²) in [5.41, 5.74) is 8.20. The molecule has 0 aromatic carbocycles. The van der Waals surface area contributed by atoms with E-state index in [4.69, 9.17) is 5.73 Å². The minimum Gasteiger partial charge on any atom is -0.366 e. The van der Waals surface area contributed by atoms with Gasteiger partial charge in [-0.1, -0.05) is 6.07 Å². The number of thioether (sulfide) groups is 1. The van der Waals surface area contributed by atoms with Gasteiger partial charge in [-0.3, -0.25) is 0 Å². The minimum absolute atomic E-state index is 0.284. The van der Waals surface area contributed by atoms with Crippen molar-refractivity contribution in [3.05, 3.63) is 23.4 Å². The predicted octanol–water partition coefficient (Wildman–Crippen LogP) is 1.63. The van der Waals surface area contributed by atoms with E-state index in [0.29, 0.717) is 6.54 Å². The normalized spacial score (nSPS) is 16.9. The van der Waals surface area contributed by atoms with Gasteiger partial charge >= 0.3 is 0 Å². The molecular formula is C11H17N3S. The number of pyridine rings is 1. The van der Waals surface area contributed by atoms with Crippen LogP contribution >= 0.6 is 11.8 Å². The van der Waals surface area contributed by atoms with Crippen LogP contribution in [-0.4, -0.2) is 23.3 Å². The van der Waals surface area contributed by atoms with E-state index in [0.717, 1.165) is 18.0 Å². The average molecular weight is 223 g/mol. The van der Waals surface area contributed by atoms with Crippen molar-refractivity contribution in [2.24, 2.45) is 5.73 Å². The molecule has 0 saturated carbocycles. The molecule has 0 radical (unpaired) electrons. The van der Waals surface area contributed by atoms with Crippen LogP contribution in [0.5, 0.6) is 0 Å². The van der Waals surface area contributed by atoms with Crippen LogP contribution in [0.15, 0.2) is 12.1 Å². The maximum Gasteiger partial charge on any atom is 0.126 e. The molecule has 0 aliphatic carbocycles. The Morgan fingerprint density at radius 3 is 3.27 bits per heavy atom. The number of nitrogens with two attached hydrogens (primary N) is 1. The number of nitrogens with one attached hydrogen (secondary N) is 1. The molecule has 4 heteroatoms. The van der Waals surface area contributed by atoms with Gasteiger partial charge in [0.1, 0.15) is 5.82 Å². The van der Waals surface area contributed by atoms with Crippen LogP contribution in [0.3, 0.4) is 0 Å². The van der Waals surface area contributed by atoms with Gasteiger partial charge in [-0.2, -0.15) is 11.8 Å². The van der Waals surface area contributed by atoms with Crippen LogP contribution in [0.1, 0.15) is 18.2 Å². The molecular weight excluding hydrogens is 206 g/mol. The molecule has 1 aromatic rings. The van der Waals surface area contributed by atoms with Gasteiger partial charge in [0, 0.05) is 18.3 Å². The number of hydrogen-bond acceptors (Lipinski definition) is 4. The quantitative estimate of drug-likeness (QED) is 0.818. The van der Waals surface area contributed by atoms with Gasteiger partial charge in [-0.05, 0) is 30.7 Å². The van der Waals surface area contributed by atoms with Crippen LogP contribution in [-0.2, 0) is 12.2 Å². The summed E-state index contributed by atoms with van der Waals surface area (Å²) in [6.07, 6.45) is 1.15. The van der Waals surface area contributed by atoms with Crippen molar-refractivity contribution in [1.29, 1.82) is 0 Å². The summed E-state index contributed by atoms with van der Waals surface area (Å²) in [5, 5.41) is 3.30. The number of aryl methyl sites for hydroxylation is 1. The highest BCUT2D eigenvalue weighted by atomic mass is 32.2. The number of anilines is 1. The zero-order valence-electron chi connectivity index (χ0n) is 8.99. The molecule has 3 N–H and O–H groups in total. The molecule has 1 aromatic heterocycles. The summed E-state index contributed by atoms with van der Waals surface area (Å²) in [6.45, 7) is 2.70. The van der Waals surface area contributed by atoms with Crippen LogP contribution in [0.2, 0.25) is 0 Å². The van der Waals surface area contributed by atoms with E-state index in [-0.39, 0.29) is 6.04 Å². The van der Waals surface area contributed by atoms with Gasteiger partial charge in [-0.25, -0.2) is 4.98 Å². The second-order valence-electron chi connectivity index (χ2n) is 3.89. The summed E-state index contributed by atoms with van der Waals surface area (Å²) in [7, 11) is 0. The van der Waals surface area contributed by atoms with Gasteiger partial charge in [-0.15, -0.1) is 0 Å². The van der Waals surface area contributed by atoms with E-state index in [2.05, 4.69) is 29.4 Å². The van der Waals surface area contributed by atoms with E-state index in [9.17, 15) is 0 Å². The Labute approximate surface area is 94.8 Å². The molecule has 0 amide bonds. The largest absolute Gasteiger partial charge is 0.366 e. The van der Waals surface area contributed by atoms with Crippen molar-refractivity contribution >= 4 is 17.6 Å². The van der Waals surface area contributed by atoms with Gasteiger partial charge in [0.25, 0.3) is 0 Å². The lowest BCUT2D eigenvalue weighted by molar-refractivity contribution is 0.796.